The number of nitrogens with zero attached hydrogens (tertiary/aromatic N) is 1. The summed E-state index contributed by atoms with van der Waals surface area (Å²) in [6, 6.07) is 6.71. The van der Waals surface area contributed by atoms with Crippen LogP contribution in [0.15, 0.2) is 24.3 Å². The first-order valence-electron chi connectivity index (χ1n) is 5.31. The van der Waals surface area contributed by atoms with Crippen molar-refractivity contribution in [2.75, 3.05) is 6.54 Å². The number of nitrogens with two attached hydrogens (primary N) is 1. The molecule has 2 amide bonds. The van der Waals surface area contributed by atoms with Gasteiger partial charge in [-0.15, -0.1) is 0 Å². The fourth-order valence-corrected chi connectivity index (χ4v) is 1.78. The van der Waals surface area contributed by atoms with Crippen LogP contribution >= 0.6 is 0 Å². The largest absolute Gasteiger partial charge is 0.387 e. The van der Waals surface area contributed by atoms with Crippen molar-refractivity contribution in [1.82, 2.24) is 4.90 Å². The molecule has 0 spiro atoms. The lowest BCUT2D eigenvalue weighted by Gasteiger charge is -2.18. The average molecular weight is 231 g/mol. The Labute approximate surface area is 98.7 Å². The Hall–Kier alpha value is -2.17. The monoisotopic (exact) mass is 231 g/mol. The first-order chi connectivity index (χ1) is 8.02. The molecule has 0 fully saturated rings. The van der Waals surface area contributed by atoms with Crippen molar-refractivity contribution in [3.05, 3.63) is 35.4 Å². The molecule has 0 bridgehead atoms. The Morgan fingerprint density at radius 1 is 1.29 bits per heavy atom. The summed E-state index contributed by atoms with van der Waals surface area (Å²) in [7, 11) is 0. The van der Waals surface area contributed by atoms with Gasteiger partial charge < -0.3 is 5.73 Å². The number of hydrogen-bond donors (Lipinski definition) is 2. The molecule has 1 aromatic carbocycles. The van der Waals surface area contributed by atoms with Crippen LogP contribution in [-0.2, 0) is 0 Å². The van der Waals surface area contributed by atoms with Crippen LogP contribution in [0.5, 0.6) is 0 Å². The summed E-state index contributed by atoms with van der Waals surface area (Å²) in [5.41, 5.74) is 6.19. The first-order valence-corrected chi connectivity index (χ1v) is 5.31. The van der Waals surface area contributed by atoms with Gasteiger partial charge in [0.1, 0.15) is 0 Å². The lowest BCUT2D eigenvalue weighted by Crippen LogP contribution is -2.38. The summed E-state index contributed by atoms with van der Waals surface area (Å²) in [5.74, 6) is -0.962. The number of amides is 2. The quantitative estimate of drug-likeness (QED) is 0.459. The Morgan fingerprint density at radius 2 is 1.76 bits per heavy atom. The molecule has 1 atom stereocenters. The van der Waals surface area contributed by atoms with E-state index in [-0.39, 0.29) is 30.1 Å². The predicted octanol–water partition coefficient (Wildman–Crippen LogP) is 0.855. The third-order valence-corrected chi connectivity index (χ3v) is 2.87. The minimum absolute atomic E-state index is 0.0263. The molecule has 2 rings (SSSR count). The zero-order valence-corrected chi connectivity index (χ0v) is 9.43. The van der Waals surface area contributed by atoms with Gasteiger partial charge in [-0.3, -0.25) is 19.9 Å². The minimum atomic E-state index is -0.322. The smallest absolute Gasteiger partial charge is 0.261 e. The van der Waals surface area contributed by atoms with Crippen LogP contribution in [-0.4, -0.2) is 29.1 Å². The summed E-state index contributed by atoms with van der Waals surface area (Å²) < 4.78 is 0. The number of carbonyl (C=O) groups is 2. The van der Waals surface area contributed by atoms with E-state index < -0.39 is 0 Å². The van der Waals surface area contributed by atoms with Crippen LogP contribution < -0.4 is 5.73 Å². The molecule has 0 aromatic heterocycles. The third-order valence-electron chi connectivity index (χ3n) is 2.87. The van der Waals surface area contributed by atoms with Crippen molar-refractivity contribution in [3.63, 3.8) is 0 Å². The van der Waals surface area contributed by atoms with Gasteiger partial charge in [0.15, 0.2) is 0 Å². The van der Waals surface area contributed by atoms with E-state index in [1.165, 1.54) is 0 Å². The molecule has 5 heteroatoms. The normalized spacial score (nSPS) is 15.9. The van der Waals surface area contributed by atoms with E-state index in [1.807, 2.05) is 0 Å². The topological polar surface area (TPSA) is 87.2 Å². The number of nitrogens with one attached hydrogen (secondary N) is 1. The molecule has 0 radical (unpaired) electrons. The van der Waals surface area contributed by atoms with Crippen LogP contribution in [0.3, 0.4) is 0 Å². The van der Waals surface area contributed by atoms with Crippen LogP contribution in [0.4, 0.5) is 0 Å². The van der Waals surface area contributed by atoms with E-state index in [4.69, 9.17) is 11.1 Å². The van der Waals surface area contributed by atoms with Crippen LogP contribution in [0.1, 0.15) is 27.6 Å². The molecule has 1 aliphatic heterocycles. The maximum Gasteiger partial charge on any atom is 0.261 e. The summed E-state index contributed by atoms with van der Waals surface area (Å²) in [5, 5.41) is 7.29. The number of rotatable bonds is 3. The highest BCUT2D eigenvalue weighted by Gasteiger charge is 2.35. The molecule has 88 valence electrons. The lowest BCUT2D eigenvalue weighted by molar-refractivity contribution is 0.0644. The first kappa shape index (κ1) is 11.3. The molecule has 0 saturated heterocycles. The zero-order valence-electron chi connectivity index (χ0n) is 9.43. The molecule has 1 unspecified atom stereocenters. The van der Waals surface area contributed by atoms with Gasteiger partial charge in [-0.2, -0.15) is 0 Å². The Balaban J connectivity index is 2.27. The molecule has 17 heavy (non-hydrogen) atoms. The van der Waals surface area contributed by atoms with Gasteiger partial charge in [0.25, 0.3) is 11.8 Å². The van der Waals surface area contributed by atoms with Crippen molar-refractivity contribution in [1.29, 1.82) is 5.41 Å². The lowest BCUT2D eigenvalue weighted by atomic mass is 10.1. The number of benzene rings is 1. The Morgan fingerprint density at radius 3 is 2.18 bits per heavy atom. The summed E-state index contributed by atoms with van der Waals surface area (Å²) in [6.07, 6.45) is 0. The van der Waals surface area contributed by atoms with Crippen molar-refractivity contribution in [2.24, 2.45) is 11.7 Å². The van der Waals surface area contributed by atoms with E-state index >= 15 is 0 Å². The molecule has 0 saturated carbocycles. The van der Waals surface area contributed by atoms with Crippen LogP contribution in [0.2, 0.25) is 0 Å². The molecule has 1 aliphatic rings. The van der Waals surface area contributed by atoms with Gasteiger partial charge in [0.2, 0.25) is 0 Å². The van der Waals surface area contributed by atoms with Gasteiger partial charge in [-0.1, -0.05) is 19.1 Å². The predicted molar refractivity (Wildman–Crippen MR) is 62.9 cm³/mol. The van der Waals surface area contributed by atoms with Crippen molar-refractivity contribution < 1.29 is 9.59 Å². The highest BCUT2D eigenvalue weighted by atomic mass is 16.2. The highest BCUT2D eigenvalue weighted by molar-refractivity contribution is 6.21. The second-order valence-corrected chi connectivity index (χ2v) is 4.12. The number of hydrogen-bond acceptors (Lipinski definition) is 3. The zero-order chi connectivity index (χ0) is 12.6. The maximum atomic E-state index is 12.0. The van der Waals surface area contributed by atoms with E-state index in [0.29, 0.717) is 11.1 Å². The van der Waals surface area contributed by atoms with Crippen LogP contribution in [0, 0.1) is 11.3 Å². The molecule has 3 N–H and O–H groups in total. The van der Waals surface area contributed by atoms with E-state index in [0.717, 1.165) is 4.90 Å². The SMILES string of the molecule is CC(CN1C(=O)c2ccccc2C1=O)C(=N)N. The van der Waals surface area contributed by atoms with Crippen molar-refractivity contribution in [3.8, 4) is 0 Å². The molecular weight excluding hydrogens is 218 g/mol. The van der Waals surface area contributed by atoms with Crippen molar-refractivity contribution >= 4 is 17.6 Å². The van der Waals surface area contributed by atoms with Gasteiger partial charge in [-0.05, 0) is 12.1 Å². The standard InChI is InChI=1S/C12H13N3O2/c1-7(10(13)14)6-15-11(16)8-4-2-3-5-9(8)12(15)17/h2-5,7H,6H2,1H3,(H3,13,14). The van der Waals surface area contributed by atoms with Gasteiger partial charge in [0, 0.05) is 12.5 Å². The molecule has 5 nitrogen and oxygen atoms in total. The summed E-state index contributed by atoms with van der Waals surface area (Å²) in [4.78, 5) is 25.1. The molecule has 1 heterocycles. The third kappa shape index (κ3) is 1.80. The molecule has 1 aromatic rings. The van der Waals surface area contributed by atoms with E-state index in [9.17, 15) is 9.59 Å². The Bertz CT molecular complexity index is 475. The fraction of sp³-hybridized carbons (Fsp3) is 0.250. The minimum Gasteiger partial charge on any atom is -0.387 e. The van der Waals surface area contributed by atoms with Crippen molar-refractivity contribution in [2.45, 2.75) is 6.92 Å². The van der Waals surface area contributed by atoms with Gasteiger partial charge in [-0.25, -0.2) is 0 Å². The number of fused-ring (bicyclic) bond motifs is 1. The Kier molecular flexibility index (Phi) is 2.67. The number of imide groups is 1. The molecular formula is C12H13N3O2. The van der Waals surface area contributed by atoms with Gasteiger partial charge in [0.05, 0.1) is 17.0 Å². The number of amidine groups is 1. The second-order valence-electron chi connectivity index (χ2n) is 4.12. The summed E-state index contributed by atoms with van der Waals surface area (Å²) >= 11 is 0. The van der Waals surface area contributed by atoms with Crippen LogP contribution in [0.25, 0.3) is 0 Å². The number of carbonyl (C=O) groups excluding carboxylic acids is 2. The molecule has 0 aliphatic carbocycles. The summed E-state index contributed by atoms with van der Waals surface area (Å²) in [6.45, 7) is 1.87. The maximum absolute atomic E-state index is 12.0. The second kappa shape index (κ2) is 4.01. The average Bonchev–Trinajstić information content (AvgIpc) is 2.55. The van der Waals surface area contributed by atoms with E-state index in [2.05, 4.69) is 0 Å². The highest BCUT2D eigenvalue weighted by Crippen LogP contribution is 2.23. The van der Waals surface area contributed by atoms with E-state index in [1.54, 1.807) is 31.2 Å². The fourth-order valence-electron chi connectivity index (χ4n) is 1.78. The van der Waals surface area contributed by atoms with Gasteiger partial charge >= 0.3 is 0 Å².